The molecule has 0 heterocycles. The van der Waals surface area contributed by atoms with Crippen LogP contribution in [0.15, 0.2) is 12.0 Å². The summed E-state index contributed by atoms with van der Waals surface area (Å²) in [7, 11) is 0.0881. The molecule has 0 aliphatic heterocycles. The molecule has 0 aliphatic carbocycles. The second-order valence-corrected chi connectivity index (χ2v) is 2.52. The molecular weight excluding hydrogens is 104 g/mol. The summed E-state index contributed by atoms with van der Waals surface area (Å²) in [4.78, 5) is 0. The number of ether oxygens (including phenoxy) is 1. The highest BCUT2D eigenvalue weighted by atomic mass is 28.2. The van der Waals surface area contributed by atoms with E-state index in [-0.39, 0.29) is 9.52 Å². The van der Waals surface area contributed by atoms with Crippen molar-refractivity contribution in [3.8, 4) is 0 Å². The van der Waals surface area contributed by atoms with Crippen LogP contribution in [0.3, 0.4) is 0 Å². The molecule has 0 atom stereocenters. The van der Waals surface area contributed by atoms with Crippen LogP contribution in [0.5, 0.6) is 0 Å². The quantitative estimate of drug-likeness (QED) is 0.390. The first-order chi connectivity index (χ1) is 3.41. The van der Waals surface area contributed by atoms with E-state index in [1.54, 1.807) is 6.26 Å². The first-order valence-corrected chi connectivity index (χ1v) is 4.91. The highest BCUT2D eigenvalue weighted by molar-refractivity contribution is 6.40. The SMILES string of the molecule is CCOC=C[SiH2]C. The molecule has 0 saturated heterocycles. The fourth-order valence-electron chi connectivity index (χ4n) is 0.260. The Morgan fingerprint density at radius 2 is 2.43 bits per heavy atom. The molecule has 0 radical (unpaired) electrons. The van der Waals surface area contributed by atoms with E-state index in [9.17, 15) is 0 Å². The van der Waals surface area contributed by atoms with E-state index in [1.165, 1.54) is 0 Å². The van der Waals surface area contributed by atoms with Crippen LogP contribution in [-0.4, -0.2) is 16.1 Å². The van der Waals surface area contributed by atoms with E-state index in [0.29, 0.717) is 0 Å². The molecule has 0 unspecified atom stereocenters. The Balaban J connectivity index is 2.78. The lowest BCUT2D eigenvalue weighted by Gasteiger charge is -1.88. The topological polar surface area (TPSA) is 9.23 Å². The Labute approximate surface area is 47.2 Å². The summed E-state index contributed by atoms with van der Waals surface area (Å²) >= 11 is 0. The van der Waals surface area contributed by atoms with Gasteiger partial charge in [0.05, 0.1) is 12.9 Å². The van der Waals surface area contributed by atoms with Crippen molar-refractivity contribution in [1.82, 2.24) is 0 Å². The molecule has 7 heavy (non-hydrogen) atoms. The largest absolute Gasteiger partial charge is 0.502 e. The molecule has 0 aliphatic rings. The third-order valence-corrected chi connectivity index (χ3v) is 1.26. The van der Waals surface area contributed by atoms with E-state index in [4.69, 9.17) is 4.74 Å². The zero-order chi connectivity index (χ0) is 5.54. The molecule has 42 valence electrons. The Kier molecular flexibility index (Phi) is 5.56. The van der Waals surface area contributed by atoms with E-state index in [2.05, 4.69) is 12.2 Å². The van der Waals surface area contributed by atoms with Gasteiger partial charge in [-0.15, -0.1) is 0 Å². The fraction of sp³-hybridized carbons (Fsp3) is 0.600. The maximum Gasteiger partial charge on any atom is 0.0844 e. The summed E-state index contributed by atoms with van der Waals surface area (Å²) in [5, 5.41) is 0. The molecule has 0 aromatic rings. The van der Waals surface area contributed by atoms with Gasteiger partial charge in [-0.25, -0.2) is 0 Å². The highest BCUT2D eigenvalue weighted by Crippen LogP contribution is 1.72. The lowest BCUT2D eigenvalue weighted by Crippen LogP contribution is -1.78. The normalized spacial score (nSPS) is 11.7. The third kappa shape index (κ3) is 5.76. The molecule has 0 spiro atoms. The van der Waals surface area contributed by atoms with Gasteiger partial charge in [-0.1, -0.05) is 12.2 Å². The van der Waals surface area contributed by atoms with Crippen LogP contribution in [0.2, 0.25) is 6.55 Å². The van der Waals surface area contributed by atoms with Crippen LogP contribution >= 0.6 is 0 Å². The monoisotopic (exact) mass is 116 g/mol. The highest BCUT2D eigenvalue weighted by Gasteiger charge is 1.65. The summed E-state index contributed by atoms with van der Waals surface area (Å²) in [5.74, 6) is 0. The zero-order valence-electron chi connectivity index (χ0n) is 4.98. The Bertz CT molecular complexity index is 52.0. The smallest absolute Gasteiger partial charge is 0.0844 e. The average Bonchev–Trinajstić information content (AvgIpc) is 1.69. The van der Waals surface area contributed by atoms with Gasteiger partial charge < -0.3 is 4.74 Å². The summed E-state index contributed by atoms with van der Waals surface area (Å²) in [6, 6.07) is 0. The van der Waals surface area contributed by atoms with Crippen molar-refractivity contribution >= 4 is 9.52 Å². The average molecular weight is 116 g/mol. The van der Waals surface area contributed by atoms with Gasteiger partial charge in [-0.3, -0.25) is 0 Å². The molecule has 0 saturated carbocycles. The Morgan fingerprint density at radius 3 is 2.86 bits per heavy atom. The van der Waals surface area contributed by atoms with Crippen molar-refractivity contribution in [3.05, 3.63) is 12.0 Å². The Hall–Kier alpha value is -0.243. The molecule has 0 rings (SSSR count). The first kappa shape index (κ1) is 6.76. The number of hydrogen-bond donors (Lipinski definition) is 0. The van der Waals surface area contributed by atoms with Gasteiger partial charge >= 0.3 is 0 Å². The molecule has 0 N–H and O–H groups in total. The van der Waals surface area contributed by atoms with Gasteiger partial charge in [0, 0.05) is 9.52 Å². The van der Waals surface area contributed by atoms with Crippen molar-refractivity contribution in [1.29, 1.82) is 0 Å². The van der Waals surface area contributed by atoms with Crippen LogP contribution in [0, 0.1) is 0 Å². The van der Waals surface area contributed by atoms with Crippen LogP contribution < -0.4 is 0 Å². The summed E-state index contributed by atoms with van der Waals surface area (Å²) in [6.07, 6.45) is 1.80. The standard InChI is InChI=1S/C5H12OSi/c1-3-6-4-5-7-2/h4-5H,3,7H2,1-2H3. The molecular formula is C5H12OSi. The number of rotatable bonds is 3. The minimum atomic E-state index is 0.0881. The molecule has 0 bridgehead atoms. The second kappa shape index (κ2) is 5.76. The summed E-state index contributed by atoms with van der Waals surface area (Å²) in [6.45, 7) is 5.00. The molecule has 1 nitrogen and oxygen atoms in total. The third-order valence-electron chi connectivity index (χ3n) is 0.595. The van der Waals surface area contributed by atoms with Gasteiger partial charge in [0.25, 0.3) is 0 Å². The molecule has 0 amide bonds. The van der Waals surface area contributed by atoms with Crippen molar-refractivity contribution in [2.24, 2.45) is 0 Å². The van der Waals surface area contributed by atoms with Crippen molar-refractivity contribution in [3.63, 3.8) is 0 Å². The maximum atomic E-state index is 4.93. The minimum absolute atomic E-state index is 0.0881. The predicted molar refractivity (Wildman–Crippen MR) is 35.2 cm³/mol. The summed E-state index contributed by atoms with van der Waals surface area (Å²) in [5.41, 5.74) is 2.13. The molecule has 0 fully saturated rings. The second-order valence-electron chi connectivity index (χ2n) is 1.24. The van der Waals surface area contributed by atoms with E-state index in [1.807, 2.05) is 6.92 Å². The molecule has 2 heteroatoms. The summed E-state index contributed by atoms with van der Waals surface area (Å²) < 4.78 is 4.93. The molecule has 0 aromatic heterocycles. The van der Waals surface area contributed by atoms with Crippen molar-refractivity contribution in [2.45, 2.75) is 13.5 Å². The lowest BCUT2D eigenvalue weighted by atomic mass is 10.9. The number of hydrogen-bond acceptors (Lipinski definition) is 1. The van der Waals surface area contributed by atoms with Gasteiger partial charge in [-0.2, -0.15) is 0 Å². The van der Waals surface area contributed by atoms with Gasteiger partial charge in [-0.05, 0) is 6.92 Å². The fourth-order valence-corrected chi connectivity index (χ4v) is 0.589. The maximum absolute atomic E-state index is 4.93. The van der Waals surface area contributed by atoms with Gasteiger partial charge in [0.2, 0.25) is 0 Å². The van der Waals surface area contributed by atoms with Gasteiger partial charge in [0.15, 0.2) is 0 Å². The van der Waals surface area contributed by atoms with Crippen LogP contribution in [0.4, 0.5) is 0 Å². The van der Waals surface area contributed by atoms with E-state index in [0.717, 1.165) is 6.61 Å². The molecule has 0 aromatic carbocycles. The van der Waals surface area contributed by atoms with Crippen molar-refractivity contribution in [2.75, 3.05) is 6.61 Å². The van der Waals surface area contributed by atoms with Gasteiger partial charge in [0.1, 0.15) is 0 Å². The van der Waals surface area contributed by atoms with Crippen LogP contribution in [0.1, 0.15) is 6.92 Å². The zero-order valence-corrected chi connectivity index (χ0v) is 6.39. The van der Waals surface area contributed by atoms with E-state index < -0.39 is 0 Å². The lowest BCUT2D eigenvalue weighted by molar-refractivity contribution is 0.270. The Morgan fingerprint density at radius 1 is 1.71 bits per heavy atom. The van der Waals surface area contributed by atoms with Crippen LogP contribution in [-0.2, 0) is 4.74 Å². The minimum Gasteiger partial charge on any atom is -0.502 e. The van der Waals surface area contributed by atoms with E-state index >= 15 is 0 Å². The van der Waals surface area contributed by atoms with Crippen molar-refractivity contribution < 1.29 is 4.74 Å². The first-order valence-electron chi connectivity index (χ1n) is 2.68. The van der Waals surface area contributed by atoms with Crippen LogP contribution in [0.25, 0.3) is 0 Å². The predicted octanol–water partition coefficient (Wildman–Crippen LogP) is 0.711.